The van der Waals surface area contributed by atoms with Crippen molar-refractivity contribution in [1.82, 2.24) is 9.78 Å². The normalized spacial score (nSPS) is 17.9. The molecule has 0 aliphatic carbocycles. The van der Waals surface area contributed by atoms with Gasteiger partial charge in [-0.15, -0.1) is 0 Å². The minimum Gasteiger partial charge on any atom is -0.393 e. The Labute approximate surface area is 87.0 Å². The van der Waals surface area contributed by atoms with E-state index in [4.69, 9.17) is 0 Å². The maximum Gasteiger partial charge on any atom is 0.314 e. The van der Waals surface area contributed by atoms with Crippen molar-refractivity contribution in [1.29, 1.82) is 0 Å². The first-order chi connectivity index (χ1) is 7.19. The number of esters is 2. The molecule has 1 fully saturated rings. The van der Waals surface area contributed by atoms with Crippen molar-refractivity contribution in [2.45, 2.75) is 32.2 Å². The Morgan fingerprint density at radius 3 is 2.67 bits per heavy atom. The SMILES string of the molecule is CCn1cc(C2CC(=O)OC(=O)C2)cn1. The minimum absolute atomic E-state index is 0.0703. The zero-order valence-electron chi connectivity index (χ0n) is 8.47. The highest BCUT2D eigenvalue weighted by molar-refractivity contribution is 5.89. The topological polar surface area (TPSA) is 61.2 Å². The van der Waals surface area contributed by atoms with Crippen LogP contribution in [0, 0.1) is 0 Å². The second-order valence-corrected chi connectivity index (χ2v) is 3.58. The number of cyclic esters (lactones) is 2. The molecule has 0 spiro atoms. The van der Waals surface area contributed by atoms with Crippen LogP contribution in [0.5, 0.6) is 0 Å². The van der Waals surface area contributed by atoms with Crippen molar-refractivity contribution in [3.63, 3.8) is 0 Å². The monoisotopic (exact) mass is 208 g/mol. The van der Waals surface area contributed by atoms with Gasteiger partial charge in [0.05, 0.1) is 19.0 Å². The van der Waals surface area contributed by atoms with Gasteiger partial charge in [0.2, 0.25) is 0 Å². The Morgan fingerprint density at radius 2 is 2.13 bits per heavy atom. The van der Waals surface area contributed by atoms with Crippen LogP contribution in [-0.4, -0.2) is 21.7 Å². The van der Waals surface area contributed by atoms with Gasteiger partial charge in [-0.25, -0.2) is 0 Å². The zero-order valence-corrected chi connectivity index (χ0v) is 8.47. The van der Waals surface area contributed by atoms with E-state index in [0.717, 1.165) is 12.1 Å². The lowest BCUT2D eigenvalue weighted by Gasteiger charge is -2.17. The maximum atomic E-state index is 11.1. The van der Waals surface area contributed by atoms with Gasteiger partial charge in [0.1, 0.15) is 0 Å². The second kappa shape index (κ2) is 3.84. The summed E-state index contributed by atoms with van der Waals surface area (Å²) in [6.45, 7) is 2.77. The number of carbonyl (C=O) groups excluding carboxylic acids is 2. The van der Waals surface area contributed by atoms with E-state index in [0.29, 0.717) is 0 Å². The molecule has 0 aromatic carbocycles. The standard InChI is InChI=1S/C10H12N2O3/c1-2-12-6-8(5-11-12)7-3-9(13)15-10(14)4-7/h5-7H,2-4H2,1H3. The predicted octanol–water partition coefficient (Wildman–Crippen LogP) is 0.850. The van der Waals surface area contributed by atoms with E-state index in [1.54, 1.807) is 10.9 Å². The Hall–Kier alpha value is -1.65. The third-order valence-corrected chi connectivity index (χ3v) is 2.50. The molecule has 0 radical (unpaired) electrons. The van der Waals surface area contributed by atoms with Crippen molar-refractivity contribution in [3.8, 4) is 0 Å². The van der Waals surface area contributed by atoms with Crippen LogP contribution < -0.4 is 0 Å². The molecule has 80 valence electrons. The van der Waals surface area contributed by atoms with E-state index in [9.17, 15) is 9.59 Å². The summed E-state index contributed by atoms with van der Waals surface area (Å²) < 4.78 is 6.24. The zero-order chi connectivity index (χ0) is 10.8. The molecule has 5 heteroatoms. The first-order valence-electron chi connectivity index (χ1n) is 4.95. The van der Waals surface area contributed by atoms with Crippen molar-refractivity contribution in [2.75, 3.05) is 0 Å². The fraction of sp³-hybridized carbons (Fsp3) is 0.500. The highest BCUT2D eigenvalue weighted by Crippen LogP contribution is 2.27. The highest BCUT2D eigenvalue weighted by Gasteiger charge is 2.28. The Balaban J connectivity index is 2.15. The number of aromatic nitrogens is 2. The van der Waals surface area contributed by atoms with Crippen LogP contribution in [0.1, 0.15) is 31.2 Å². The molecule has 2 rings (SSSR count). The molecule has 1 aromatic rings. The first kappa shape index (κ1) is 9.89. The second-order valence-electron chi connectivity index (χ2n) is 3.58. The summed E-state index contributed by atoms with van der Waals surface area (Å²) >= 11 is 0. The lowest BCUT2D eigenvalue weighted by Crippen LogP contribution is -2.23. The van der Waals surface area contributed by atoms with Crippen LogP contribution in [0.2, 0.25) is 0 Å². The molecule has 1 saturated heterocycles. The van der Waals surface area contributed by atoms with Gasteiger partial charge in [-0.1, -0.05) is 0 Å². The number of hydrogen-bond acceptors (Lipinski definition) is 4. The first-order valence-corrected chi connectivity index (χ1v) is 4.95. The van der Waals surface area contributed by atoms with Gasteiger partial charge in [-0.3, -0.25) is 14.3 Å². The Kier molecular flexibility index (Phi) is 2.53. The van der Waals surface area contributed by atoms with Crippen molar-refractivity contribution < 1.29 is 14.3 Å². The fourth-order valence-corrected chi connectivity index (χ4v) is 1.68. The molecular formula is C10H12N2O3. The molecule has 0 unspecified atom stereocenters. The van der Waals surface area contributed by atoms with Gasteiger partial charge in [0.15, 0.2) is 0 Å². The summed E-state index contributed by atoms with van der Waals surface area (Å²) in [5.41, 5.74) is 0.932. The minimum atomic E-state index is -0.444. The number of hydrogen-bond donors (Lipinski definition) is 0. The van der Waals surface area contributed by atoms with E-state index in [-0.39, 0.29) is 18.8 Å². The van der Waals surface area contributed by atoms with Crippen LogP contribution in [0.4, 0.5) is 0 Å². The lowest BCUT2D eigenvalue weighted by molar-refractivity contribution is -0.163. The van der Waals surface area contributed by atoms with Gasteiger partial charge >= 0.3 is 11.9 Å². The van der Waals surface area contributed by atoms with E-state index in [1.807, 2.05) is 13.1 Å². The van der Waals surface area contributed by atoms with Gasteiger partial charge in [-0.2, -0.15) is 5.10 Å². The van der Waals surface area contributed by atoms with Gasteiger partial charge < -0.3 is 4.74 Å². The molecule has 5 nitrogen and oxygen atoms in total. The predicted molar refractivity (Wildman–Crippen MR) is 51.0 cm³/mol. The molecule has 1 aliphatic rings. The quantitative estimate of drug-likeness (QED) is 0.534. The maximum absolute atomic E-state index is 11.1. The molecular weight excluding hydrogens is 196 g/mol. The van der Waals surface area contributed by atoms with Gasteiger partial charge in [-0.05, 0) is 12.5 Å². The number of rotatable bonds is 2. The number of aryl methyl sites for hydroxylation is 1. The summed E-state index contributed by atoms with van der Waals surface area (Å²) in [5, 5.41) is 4.11. The molecule has 2 heterocycles. The average Bonchev–Trinajstić information content (AvgIpc) is 2.64. The molecule has 0 N–H and O–H groups in total. The summed E-state index contributed by atoms with van der Waals surface area (Å²) in [5.74, 6) is -0.958. The molecule has 1 aromatic heterocycles. The van der Waals surface area contributed by atoms with Gasteiger partial charge in [0.25, 0.3) is 0 Å². The van der Waals surface area contributed by atoms with Gasteiger partial charge in [0, 0.05) is 18.7 Å². The molecule has 0 bridgehead atoms. The van der Waals surface area contributed by atoms with Crippen molar-refractivity contribution in [2.24, 2.45) is 0 Å². The Bertz CT molecular complexity index is 381. The lowest BCUT2D eigenvalue weighted by atomic mass is 9.94. The third-order valence-electron chi connectivity index (χ3n) is 2.50. The number of nitrogens with zero attached hydrogens (tertiary/aromatic N) is 2. The fourth-order valence-electron chi connectivity index (χ4n) is 1.68. The molecule has 0 atom stereocenters. The number of ether oxygens (including phenoxy) is 1. The van der Waals surface area contributed by atoms with Crippen molar-refractivity contribution >= 4 is 11.9 Å². The molecule has 0 amide bonds. The van der Waals surface area contributed by atoms with Crippen LogP contribution >= 0.6 is 0 Å². The summed E-state index contributed by atoms with van der Waals surface area (Å²) in [6.07, 6.45) is 4.11. The van der Waals surface area contributed by atoms with Crippen LogP contribution in [0.15, 0.2) is 12.4 Å². The van der Waals surface area contributed by atoms with Crippen LogP contribution in [0.25, 0.3) is 0 Å². The molecule has 0 saturated carbocycles. The molecule has 15 heavy (non-hydrogen) atoms. The van der Waals surface area contributed by atoms with Crippen LogP contribution in [0.3, 0.4) is 0 Å². The van der Waals surface area contributed by atoms with E-state index >= 15 is 0 Å². The third kappa shape index (κ3) is 2.06. The summed E-state index contributed by atoms with van der Waals surface area (Å²) in [7, 11) is 0. The van der Waals surface area contributed by atoms with Crippen LogP contribution in [-0.2, 0) is 20.9 Å². The van der Waals surface area contributed by atoms with E-state index < -0.39 is 11.9 Å². The summed E-state index contributed by atoms with van der Waals surface area (Å²) in [4.78, 5) is 22.1. The van der Waals surface area contributed by atoms with E-state index in [1.165, 1.54) is 0 Å². The average molecular weight is 208 g/mol. The summed E-state index contributed by atoms with van der Waals surface area (Å²) in [6, 6.07) is 0. The number of carbonyl (C=O) groups is 2. The molecule has 1 aliphatic heterocycles. The van der Waals surface area contributed by atoms with Crippen molar-refractivity contribution in [3.05, 3.63) is 18.0 Å². The highest BCUT2D eigenvalue weighted by atomic mass is 16.6. The largest absolute Gasteiger partial charge is 0.393 e. The van der Waals surface area contributed by atoms with E-state index in [2.05, 4.69) is 9.84 Å². The Morgan fingerprint density at radius 1 is 1.47 bits per heavy atom. The smallest absolute Gasteiger partial charge is 0.314 e.